The fourth-order valence-corrected chi connectivity index (χ4v) is 3.11. The lowest BCUT2D eigenvalue weighted by atomic mass is 10.0. The number of nitrogens with one attached hydrogen (secondary N) is 2. The molecule has 0 aliphatic rings. The highest BCUT2D eigenvalue weighted by Crippen LogP contribution is 2.10. The van der Waals surface area contributed by atoms with Crippen LogP contribution >= 0.6 is 24.0 Å². The minimum atomic E-state index is 0. The van der Waals surface area contributed by atoms with Crippen LogP contribution in [-0.2, 0) is 13.1 Å². The Morgan fingerprint density at radius 1 is 1.21 bits per heavy atom. The number of aliphatic hydroxyl groups excluding tert-OH is 1. The molecule has 0 radical (unpaired) electrons. The maximum Gasteiger partial charge on any atom is 0.191 e. The second kappa shape index (κ2) is 14.4. The Morgan fingerprint density at radius 2 is 2.04 bits per heavy atom. The van der Waals surface area contributed by atoms with Crippen molar-refractivity contribution >= 4 is 29.9 Å². The van der Waals surface area contributed by atoms with E-state index in [0.29, 0.717) is 12.5 Å². The van der Waals surface area contributed by atoms with Gasteiger partial charge in [0.05, 0.1) is 12.9 Å². The smallest absolute Gasteiger partial charge is 0.191 e. The van der Waals surface area contributed by atoms with Crippen LogP contribution in [0.5, 0.6) is 0 Å². The van der Waals surface area contributed by atoms with E-state index in [-0.39, 0.29) is 30.6 Å². The monoisotopic (exact) mass is 499 g/mol. The van der Waals surface area contributed by atoms with Crippen LogP contribution in [0.4, 0.5) is 0 Å². The molecule has 0 aliphatic carbocycles. The number of hydrogen-bond donors (Lipinski definition) is 3. The molecule has 0 amide bonds. The standard InChI is InChI=1S/C21H33N5O.HI/c1-3-6-18(9-12-27)14-24-21(23-4-2)25-15-19-7-5-8-20(13-19)16-26-11-10-22-17-26;/h5,7-8,10-11,13,17-18,27H,3-4,6,9,12,14-16H2,1-2H3,(H2,23,24,25);1H. The highest BCUT2D eigenvalue weighted by molar-refractivity contribution is 14.0. The molecular formula is C21H34IN5O. The Kier molecular flexibility index (Phi) is 12.6. The van der Waals surface area contributed by atoms with Crippen LogP contribution in [0.25, 0.3) is 0 Å². The largest absolute Gasteiger partial charge is 0.396 e. The van der Waals surface area contributed by atoms with Gasteiger partial charge in [-0.25, -0.2) is 9.98 Å². The number of guanidine groups is 1. The number of benzene rings is 1. The summed E-state index contributed by atoms with van der Waals surface area (Å²) in [6, 6.07) is 8.51. The first kappa shape index (κ1) is 24.4. The summed E-state index contributed by atoms with van der Waals surface area (Å²) in [6.45, 7) is 7.59. The molecule has 1 unspecified atom stereocenters. The van der Waals surface area contributed by atoms with Crippen molar-refractivity contribution in [2.75, 3.05) is 19.7 Å². The summed E-state index contributed by atoms with van der Waals surface area (Å²) < 4.78 is 2.06. The van der Waals surface area contributed by atoms with Crippen LogP contribution in [-0.4, -0.2) is 40.3 Å². The third-order valence-corrected chi connectivity index (χ3v) is 4.47. The van der Waals surface area contributed by atoms with Gasteiger partial charge in [-0.15, -0.1) is 24.0 Å². The maximum absolute atomic E-state index is 9.22. The molecule has 1 heterocycles. The zero-order chi connectivity index (χ0) is 19.3. The lowest BCUT2D eigenvalue weighted by molar-refractivity contribution is 0.251. The van der Waals surface area contributed by atoms with Crippen molar-refractivity contribution in [2.45, 2.75) is 46.2 Å². The normalized spacial score (nSPS) is 12.3. The van der Waals surface area contributed by atoms with Crippen molar-refractivity contribution in [3.8, 4) is 0 Å². The van der Waals surface area contributed by atoms with Gasteiger partial charge in [0.2, 0.25) is 0 Å². The number of halogens is 1. The summed E-state index contributed by atoms with van der Waals surface area (Å²) in [5, 5.41) is 16.0. The molecule has 28 heavy (non-hydrogen) atoms. The molecular weight excluding hydrogens is 465 g/mol. The number of hydrogen-bond acceptors (Lipinski definition) is 3. The van der Waals surface area contributed by atoms with E-state index >= 15 is 0 Å². The van der Waals surface area contributed by atoms with E-state index in [1.54, 1.807) is 6.20 Å². The van der Waals surface area contributed by atoms with Crippen LogP contribution in [0.3, 0.4) is 0 Å². The number of imidazole rings is 1. The first-order valence-corrected chi connectivity index (χ1v) is 9.91. The van der Waals surface area contributed by atoms with Crippen molar-refractivity contribution in [3.63, 3.8) is 0 Å². The van der Waals surface area contributed by atoms with Gasteiger partial charge in [-0.2, -0.15) is 0 Å². The molecule has 6 nitrogen and oxygen atoms in total. The molecule has 0 bridgehead atoms. The number of aliphatic imine (C=N–C) groups is 1. The van der Waals surface area contributed by atoms with Crippen molar-refractivity contribution in [2.24, 2.45) is 10.9 Å². The zero-order valence-electron chi connectivity index (χ0n) is 17.0. The van der Waals surface area contributed by atoms with E-state index in [4.69, 9.17) is 4.99 Å². The molecule has 1 aromatic carbocycles. The van der Waals surface area contributed by atoms with Crippen LogP contribution in [0.1, 0.15) is 44.2 Å². The SMILES string of the molecule is CCCC(CCO)CNC(=NCc1cccc(Cn2ccnc2)c1)NCC.I. The topological polar surface area (TPSA) is 74.5 Å². The third kappa shape index (κ3) is 9.05. The molecule has 0 aliphatic heterocycles. The second-order valence-electron chi connectivity index (χ2n) is 6.80. The van der Waals surface area contributed by atoms with Crippen molar-refractivity contribution in [1.82, 2.24) is 20.2 Å². The Hall–Kier alpha value is -1.61. The molecule has 1 atom stereocenters. The molecule has 0 saturated carbocycles. The van der Waals surface area contributed by atoms with Gasteiger partial charge in [0.15, 0.2) is 5.96 Å². The minimum absolute atomic E-state index is 0. The van der Waals surface area contributed by atoms with Crippen LogP contribution in [0, 0.1) is 5.92 Å². The molecule has 2 aromatic rings. The van der Waals surface area contributed by atoms with E-state index in [1.807, 2.05) is 12.5 Å². The number of nitrogens with zero attached hydrogens (tertiary/aromatic N) is 3. The molecule has 156 valence electrons. The number of rotatable bonds is 11. The summed E-state index contributed by atoms with van der Waals surface area (Å²) in [4.78, 5) is 8.82. The molecule has 1 aromatic heterocycles. The van der Waals surface area contributed by atoms with Crippen LogP contribution < -0.4 is 10.6 Å². The van der Waals surface area contributed by atoms with Gasteiger partial charge in [-0.1, -0.05) is 37.6 Å². The number of aromatic nitrogens is 2. The predicted molar refractivity (Wildman–Crippen MR) is 126 cm³/mol. The molecule has 0 saturated heterocycles. The van der Waals surface area contributed by atoms with Crippen molar-refractivity contribution in [3.05, 3.63) is 54.1 Å². The quantitative estimate of drug-likeness (QED) is 0.252. The van der Waals surface area contributed by atoms with Crippen molar-refractivity contribution < 1.29 is 5.11 Å². The van der Waals surface area contributed by atoms with E-state index in [2.05, 4.69) is 58.3 Å². The van der Waals surface area contributed by atoms with E-state index in [1.165, 1.54) is 11.1 Å². The van der Waals surface area contributed by atoms with Gasteiger partial charge in [0.1, 0.15) is 0 Å². The van der Waals surface area contributed by atoms with Crippen LogP contribution in [0.15, 0.2) is 48.0 Å². The molecule has 0 fully saturated rings. The fraction of sp³-hybridized carbons (Fsp3) is 0.524. The van der Waals surface area contributed by atoms with E-state index in [9.17, 15) is 5.11 Å². The summed E-state index contributed by atoms with van der Waals surface area (Å²) in [5.74, 6) is 1.30. The first-order chi connectivity index (χ1) is 13.2. The Labute approximate surface area is 185 Å². The van der Waals surface area contributed by atoms with Gasteiger partial charge in [0, 0.05) is 38.6 Å². The molecule has 3 N–H and O–H groups in total. The second-order valence-corrected chi connectivity index (χ2v) is 6.80. The van der Waals surface area contributed by atoms with Gasteiger partial charge in [-0.05, 0) is 36.8 Å². The highest BCUT2D eigenvalue weighted by atomic mass is 127. The average molecular weight is 499 g/mol. The Balaban J connectivity index is 0.00000392. The lowest BCUT2D eigenvalue weighted by Crippen LogP contribution is -2.40. The maximum atomic E-state index is 9.22. The van der Waals surface area contributed by atoms with Crippen LogP contribution in [0.2, 0.25) is 0 Å². The summed E-state index contributed by atoms with van der Waals surface area (Å²) >= 11 is 0. The van der Waals surface area contributed by atoms with Crippen molar-refractivity contribution in [1.29, 1.82) is 0 Å². The van der Waals surface area contributed by atoms with E-state index < -0.39 is 0 Å². The number of aliphatic hydroxyl groups is 1. The minimum Gasteiger partial charge on any atom is -0.396 e. The van der Waals surface area contributed by atoms with Gasteiger partial charge < -0.3 is 20.3 Å². The molecule has 0 spiro atoms. The Morgan fingerprint density at radius 3 is 2.71 bits per heavy atom. The summed E-state index contributed by atoms with van der Waals surface area (Å²) in [5.41, 5.74) is 2.43. The third-order valence-electron chi connectivity index (χ3n) is 4.47. The Bertz CT molecular complexity index is 669. The molecule has 2 rings (SSSR count). The van der Waals surface area contributed by atoms with Gasteiger partial charge >= 0.3 is 0 Å². The predicted octanol–water partition coefficient (Wildman–Crippen LogP) is 3.40. The lowest BCUT2D eigenvalue weighted by Gasteiger charge is -2.18. The first-order valence-electron chi connectivity index (χ1n) is 9.91. The summed E-state index contributed by atoms with van der Waals surface area (Å²) in [7, 11) is 0. The average Bonchev–Trinajstić information content (AvgIpc) is 3.17. The highest BCUT2D eigenvalue weighted by Gasteiger charge is 2.08. The summed E-state index contributed by atoms with van der Waals surface area (Å²) in [6.07, 6.45) is 8.67. The zero-order valence-corrected chi connectivity index (χ0v) is 19.3. The molecule has 7 heteroatoms. The van der Waals surface area contributed by atoms with Gasteiger partial charge in [-0.3, -0.25) is 0 Å². The van der Waals surface area contributed by atoms with E-state index in [0.717, 1.165) is 44.9 Å². The fourth-order valence-electron chi connectivity index (χ4n) is 3.11. The van der Waals surface area contributed by atoms with Gasteiger partial charge in [0.25, 0.3) is 0 Å².